The fourth-order valence-electron chi connectivity index (χ4n) is 2.11. The summed E-state index contributed by atoms with van der Waals surface area (Å²) in [5, 5.41) is 3.11. The van der Waals surface area contributed by atoms with E-state index in [1.165, 1.54) is 4.68 Å². The van der Waals surface area contributed by atoms with Crippen LogP contribution in [0.15, 0.2) is 44.3 Å². The molecular weight excluding hydrogens is 244 g/mol. The van der Waals surface area contributed by atoms with E-state index in [0.717, 1.165) is 5.69 Å². The summed E-state index contributed by atoms with van der Waals surface area (Å²) in [7, 11) is 0. The maximum absolute atomic E-state index is 12.0. The molecule has 0 radical (unpaired) electrons. The number of rotatable bonds is 1. The molecule has 0 aliphatic heterocycles. The minimum atomic E-state index is -0.423. The van der Waals surface area contributed by atoms with Gasteiger partial charge in [0.25, 0.3) is 5.56 Å². The van der Waals surface area contributed by atoms with E-state index < -0.39 is 5.63 Å². The van der Waals surface area contributed by atoms with Crippen molar-refractivity contribution in [1.82, 2.24) is 9.78 Å². The zero-order valence-electron chi connectivity index (χ0n) is 10.6. The second-order valence-electron chi connectivity index (χ2n) is 4.43. The molecule has 2 aromatic heterocycles. The average Bonchev–Trinajstić information content (AvgIpc) is 2.74. The molecule has 0 fully saturated rings. The van der Waals surface area contributed by atoms with E-state index in [-0.39, 0.29) is 11.3 Å². The molecular formula is C14H12N2O3. The third kappa shape index (κ3) is 1.62. The molecule has 3 aromatic rings. The Morgan fingerprint density at radius 3 is 2.42 bits per heavy atom. The lowest BCUT2D eigenvalue weighted by molar-refractivity contribution is 0.529. The number of para-hydroxylation sites is 1. The van der Waals surface area contributed by atoms with Crippen LogP contribution >= 0.6 is 0 Å². The van der Waals surface area contributed by atoms with Gasteiger partial charge < -0.3 is 4.42 Å². The van der Waals surface area contributed by atoms with Crippen molar-refractivity contribution in [2.75, 3.05) is 0 Å². The summed E-state index contributed by atoms with van der Waals surface area (Å²) in [5.41, 5.74) is 1.42. The highest BCUT2D eigenvalue weighted by Gasteiger charge is 2.16. The van der Waals surface area contributed by atoms with E-state index in [0.29, 0.717) is 16.5 Å². The fourth-order valence-corrected chi connectivity index (χ4v) is 2.11. The Labute approximate surface area is 108 Å². The van der Waals surface area contributed by atoms with Gasteiger partial charge in [0, 0.05) is 5.56 Å². The van der Waals surface area contributed by atoms with E-state index in [1.807, 2.05) is 30.3 Å². The van der Waals surface area contributed by atoms with Crippen LogP contribution in [0.4, 0.5) is 0 Å². The van der Waals surface area contributed by atoms with Crippen molar-refractivity contribution in [1.29, 1.82) is 0 Å². The average molecular weight is 256 g/mol. The van der Waals surface area contributed by atoms with Gasteiger partial charge in [-0.15, -0.1) is 0 Å². The number of benzene rings is 1. The highest BCUT2D eigenvalue weighted by Crippen LogP contribution is 2.18. The first kappa shape index (κ1) is 11.5. The number of nitrogens with one attached hydrogen (secondary N) is 1. The van der Waals surface area contributed by atoms with Crippen LogP contribution in [0.5, 0.6) is 0 Å². The van der Waals surface area contributed by atoms with E-state index in [1.54, 1.807) is 13.8 Å². The molecule has 19 heavy (non-hydrogen) atoms. The van der Waals surface area contributed by atoms with Gasteiger partial charge in [0.1, 0.15) is 5.39 Å². The van der Waals surface area contributed by atoms with Gasteiger partial charge in [-0.1, -0.05) is 18.2 Å². The van der Waals surface area contributed by atoms with Gasteiger partial charge in [-0.3, -0.25) is 9.89 Å². The lowest BCUT2D eigenvalue weighted by atomic mass is 10.1. The molecule has 5 heteroatoms. The molecule has 0 aliphatic rings. The van der Waals surface area contributed by atoms with Gasteiger partial charge in [0.15, 0.2) is 0 Å². The van der Waals surface area contributed by atoms with Crippen molar-refractivity contribution >= 4 is 11.1 Å². The van der Waals surface area contributed by atoms with E-state index in [2.05, 4.69) is 5.10 Å². The summed E-state index contributed by atoms with van der Waals surface area (Å²) >= 11 is 0. The van der Waals surface area contributed by atoms with Gasteiger partial charge in [0.2, 0.25) is 5.71 Å². The van der Waals surface area contributed by atoms with Crippen molar-refractivity contribution in [2.24, 2.45) is 0 Å². The van der Waals surface area contributed by atoms with Crippen LogP contribution in [0.2, 0.25) is 0 Å². The molecule has 1 N–H and O–H groups in total. The molecule has 0 aliphatic carbocycles. The normalized spacial score (nSPS) is 11.1. The molecule has 3 rings (SSSR count). The minimum absolute atomic E-state index is 0.254. The van der Waals surface area contributed by atoms with Crippen LogP contribution < -0.4 is 11.2 Å². The maximum Gasteiger partial charge on any atom is 0.340 e. The van der Waals surface area contributed by atoms with Crippen LogP contribution in [0.25, 0.3) is 16.8 Å². The SMILES string of the molecule is Cc1c(C)c2c(=O)[nH]n(-c3ccccc3)c2oc1=O. The molecule has 2 heterocycles. The van der Waals surface area contributed by atoms with Crippen LogP contribution in [0.1, 0.15) is 11.1 Å². The second kappa shape index (κ2) is 3.98. The Balaban J connectivity index is 2.48. The second-order valence-corrected chi connectivity index (χ2v) is 4.43. The first-order valence-corrected chi connectivity index (χ1v) is 5.90. The summed E-state index contributed by atoms with van der Waals surface area (Å²) in [6, 6.07) is 9.21. The number of aromatic amines is 1. The fraction of sp³-hybridized carbons (Fsp3) is 0.143. The standard InChI is InChI=1S/C14H12N2O3/c1-8-9(2)14(18)19-13-11(8)12(17)15-16(13)10-6-4-3-5-7-10/h3-7H,1-2H3,(H,15,17). The Morgan fingerprint density at radius 2 is 1.74 bits per heavy atom. The molecule has 96 valence electrons. The predicted molar refractivity (Wildman–Crippen MR) is 71.9 cm³/mol. The van der Waals surface area contributed by atoms with Crippen molar-refractivity contribution in [2.45, 2.75) is 13.8 Å². The van der Waals surface area contributed by atoms with Crippen LogP contribution in [0.3, 0.4) is 0 Å². The van der Waals surface area contributed by atoms with Gasteiger partial charge in [-0.2, -0.15) is 0 Å². The Hall–Kier alpha value is -2.56. The number of aryl methyl sites for hydroxylation is 1. The van der Waals surface area contributed by atoms with Crippen LogP contribution in [0, 0.1) is 13.8 Å². The molecule has 1 aromatic carbocycles. The van der Waals surface area contributed by atoms with Crippen molar-refractivity contribution in [3.63, 3.8) is 0 Å². The topological polar surface area (TPSA) is 68.0 Å². The largest absolute Gasteiger partial charge is 0.403 e. The zero-order valence-corrected chi connectivity index (χ0v) is 10.6. The lowest BCUT2D eigenvalue weighted by Crippen LogP contribution is -2.08. The van der Waals surface area contributed by atoms with Gasteiger partial charge in [-0.25, -0.2) is 9.48 Å². The van der Waals surface area contributed by atoms with Crippen molar-refractivity contribution in [3.05, 3.63) is 62.2 Å². The van der Waals surface area contributed by atoms with Gasteiger partial charge in [-0.05, 0) is 31.5 Å². The maximum atomic E-state index is 12.0. The highest BCUT2D eigenvalue weighted by atomic mass is 16.4. The summed E-state index contributed by atoms with van der Waals surface area (Å²) in [4.78, 5) is 23.8. The number of nitrogens with zero attached hydrogens (tertiary/aromatic N) is 1. The summed E-state index contributed by atoms with van der Waals surface area (Å²) in [6.45, 7) is 3.40. The molecule has 5 nitrogen and oxygen atoms in total. The van der Waals surface area contributed by atoms with Gasteiger partial charge >= 0.3 is 5.63 Å². The summed E-state index contributed by atoms with van der Waals surface area (Å²) < 4.78 is 6.75. The molecule has 0 saturated carbocycles. The summed E-state index contributed by atoms with van der Waals surface area (Å²) in [5.74, 6) is 0. The van der Waals surface area contributed by atoms with Gasteiger partial charge in [0.05, 0.1) is 5.69 Å². The third-order valence-electron chi connectivity index (χ3n) is 3.30. The number of aromatic nitrogens is 2. The van der Waals surface area contributed by atoms with Crippen LogP contribution in [-0.4, -0.2) is 9.78 Å². The monoisotopic (exact) mass is 256 g/mol. The minimum Gasteiger partial charge on any atom is -0.403 e. The summed E-state index contributed by atoms with van der Waals surface area (Å²) in [6.07, 6.45) is 0. The van der Waals surface area contributed by atoms with E-state index in [9.17, 15) is 9.59 Å². The number of hydrogen-bond acceptors (Lipinski definition) is 3. The Bertz CT molecular complexity index is 869. The van der Waals surface area contributed by atoms with Crippen LogP contribution in [-0.2, 0) is 0 Å². The van der Waals surface area contributed by atoms with Crippen molar-refractivity contribution in [3.8, 4) is 5.69 Å². The van der Waals surface area contributed by atoms with E-state index in [4.69, 9.17) is 4.42 Å². The van der Waals surface area contributed by atoms with E-state index >= 15 is 0 Å². The lowest BCUT2D eigenvalue weighted by Gasteiger charge is -2.03. The first-order chi connectivity index (χ1) is 9.09. The van der Waals surface area contributed by atoms with Crippen molar-refractivity contribution < 1.29 is 4.42 Å². The first-order valence-electron chi connectivity index (χ1n) is 5.90. The molecule has 0 spiro atoms. The number of H-pyrrole nitrogens is 1. The zero-order chi connectivity index (χ0) is 13.6. The number of fused-ring (bicyclic) bond motifs is 1. The molecule has 0 amide bonds. The Kier molecular flexibility index (Phi) is 2.41. The molecule has 0 atom stereocenters. The quantitative estimate of drug-likeness (QED) is 0.723. The predicted octanol–water partition coefficient (Wildman–Crippen LogP) is 1.89. The number of hydrogen-bond donors (Lipinski definition) is 1. The Morgan fingerprint density at radius 1 is 1.05 bits per heavy atom. The molecule has 0 saturated heterocycles. The third-order valence-corrected chi connectivity index (χ3v) is 3.30. The highest BCUT2D eigenvalue weighted by molar-refractivity contribution is 5.78. The smallest absolute Gasteiger partial charge is 0.340 e. The molecule has 0 bridgehead atoms. The molecule has 0 unspecified atom stereocenters.